The van der Waals surface area contributed by atoms with Crippen molar-refractivity contribution in [2.24, 2.45) is 32.6 Å². The van der Waals surface area contributed by atoms with Gasteiger partial charge in [-0.05, 0) is 29.8 Å². The first kappa shape index (κ1) is 17.1. The van der Waals surface area contributed by atoms with E-state index in [1.54, 1.807) is 27.7 Å². The van der Waals surface area contributed by atoms with Gasteiger partial charge in [-0.2, -0.15) is 10.5 Å². The van der Waals surface area contributed by atoms with Gasteiger partial charge in [0.15, 0.2) is 5.41 Å². The summed E-state index contributed by atoms with van der Waals surface area (Å²) in [6.07, 6.45) is -0.918. The van der Waals surface area contributed by atoms with Crippen LogP contribution in [0.3, 0.4) is 0 Å². The topological polar surface area (TPSA) is 125 Å². The molecule has 8 heteroatoms. The predicted octanol–water partition coefficient (Wildman–Crippen LogP) is 1.69. The highest BCUT2D eigenvalue weighted by Gasteiger charge is 2.64. The number of aliphatic imine (C=N–C) groups is 1. The number of hydrogen-bond acceptors (Lipinski definition) is 6. The Hall–Kier alpha value is -1.93. The number of carbonyl (C=O) groups excluding carboxylic acids is 1. The van der Waals surface area contributed by atoms with Gasteiger partial charge in [-0.1, -0.05) is 19.0 Å². The van der Waals surface area contributed by atoms with Crippen molar-refractivity contribution in [2.75, 3.05) is 0 Å². The Morgan fingerprint density at radius 3 is 2.43 bits per heavy atom. The van der Waals surface area contributed by atoms with Crippen molar-refractivity contribution < 1.29 is 9.63 Å². The second-order valence-corrected chi connectivity index (χ2v) is 6.33. The van der Waals surface area contributed by atoms with Gasteiger partial charge in [0.1, 0.15) is 10.5 Å². The molecule has 0 aromatic carbocycles. The van der Waals surface area contributed by atoms with E-state index in [4.69, 9.17) is 10.6 Å². The first-order valence-electron chi connectivity index (χ1n) is 6.16. The number of carbonyl (C=O) groups is 1. The third kappa shape index (κ3) is 2.52. The lowest BCUT2D eigenvalue weighted by molar-refractivity contribution is -0.142. The standard InChI is InChI=1S/C13H16BrN5O2/c1-7(2)19-21-11-12(3,4)13(6-16,10(17)20)8(5-15)9(14)18-11/h8,11H,1-4H3,(H2,17,20)/t8-,11+,13+/m1/s1. The summed E-state index contributed by atoms with van der Waals surface area (Å²) in [6.45, 7) is 6.69. The van der Waals surface area contributed by atoms with Crippen LogP contribution in [0.5, 0.6) is 0 Å². The fraction of sp³-hybridized carbons (Fsp3) is 0.615. The third-order valence-corrected chi connectivity index (χ3v) is 4.24. The molecule has 1 heterocycles. The Bertz CT molecular complexity index is 595. The number of nitrogens with two attached hydrogens (primary N) is 1. The molecule has 0 saturated heterocycles. The Balaban J connectivity index is 3.54. The lowest BCUT2D eigenvalue weighted by atomic mass is 9.57. The average Bonchev–Trinajstić information content (AvgIpc) is 2.37. The highest BCUT2D eigenvalue weighted by molar-refractivity contribution is 9.18. The number of oxime groups is 1. The molecule has 0 unspecified atom stereocenters. The van der Waals surface area contributed by atoms with Crippen LogP contribution in [0.15, 0.2) is 10.1 Å². The van der Waals surface area contributed by atoms with Crippen LogP contribution in [-0.4, -0.2) is 22.5 Å². The number of rotatable bonds is 3. The van der Waals surface area contributed by atoms with Gasteiger partial charge >= 0.3 is 0 Å². The van der Waals surface area contributed by atoms with Gasteiger partial charge in [0.25, 0.3) is 0 Å². The number of halogens is 1. The van der Waals surface area contributed by atoms with Crippen molar-refractivity contribution in [3.8, 4) is 12.1 Å². The van der Waals surface area contributed by atoms with E-state index in [0.29, 0.717) is 5.71 Å². The molecule has 0 aromatic heterocycles. The maximum absolute atomic E-state index is 12.0. The number of primary amides is 1. The zero-order chi connectivity index (χ0) is 16.4. The van der Waals surface area contributed by atoms with Gasteiger partial charge in [0.05, 0.1) is 23.3 Å². The molecule has 112 valence electrons. The van der Waals surface area contributed by atoms with E-state index in [0.717, 1.165) is 0 Å². The summed E-state index contributed by atoms with van der Waals surface area (Å²) in [5.74, 6) is -1.99. The quantitative estimate of drug-likeness (QED) is 0.611. The molecule has 0 bridgehead atoms. The van der Waals surface area contributed by atoms with E-state index in [9.17, 15) is 15.3 Å². The Morgan fingerprint density at radius 2 is 2.05 bits per heavy atom. The van der Waals surface area contributed by atoms with Crippen LogP contribution >= 0.6 is 15.9 Å². The number of nitrogens with zero attached hydrogens (tertiary/aromatic N) is 4. The molecule has 1 aliphatic heterocycles. The number of nitriles is 2. The van der Waals surface area contributed by atoms with E-state index in [2.05, 4.69) is 26.1 Å². The van der Waals surface area contributed by atoms with Crippen LogP contribution in [-0.2, 0) is 9.63 Å². The van der Waals surface area contributed by atoms with Crippen molar-refractivity contribution in [2.45, 2.75) is 33.9 Å². The van der Waals surface area contributed by atoms with Crippen LogP contribution in [0, 0.1) is 39.4 Å². The van der Waals surface area contributed by atoms with Crippen molar-refractivity contribution in [3.63, 3.8) is 0 Å². The van der Waals surface area contributed by atoms with Gasteiger partial charge in [-0.25, -0.2) is 4.99 Å². The van der Waals surface area contributed by atoms with E-state index in [1.807, 2.05) is 12.1 Å². The van der Waals surface area contributed by atoms with Crippen LogP contribution in [0.1, 0.15) is 27.7 Å². The normalized spacial score (nSPS) is 30.3. The molecule has 0 radical (unpaired) electrons. The summed E-state index contributed by atoms with van der Waals surface area (Å²) in [6, 6.07) is 3.85. The summed E-state index contributed by atoms with van der Waals surface area (Å²) in [5.41, 5.74) is 3.20. The van der Waals surface area contributed by atoms with Crippen LogP contribution in [0.4, 0.5) is 0 Å². The predicted molar refractivity (Wildman–Crippen MR) is 80.1 cm³/mol. The van der Waals surface area contributed by atoms with Gasteiger partial charge in [-0.15, -0.1) is 0 Å². The van der Waals surface area contributed by atoms with E-state index in [1.165, 1.54) is 0 Å². The minimum atomic E-state index is -1.77. The highest BCUT2D eigenvalue weighted by atomic mass is 79.9. The third-order valence-electron chi connectivity index (χ3n) is 3.57. The molecule has 2 N–H and O–H groups in total. The molecule has 1 amide bonds. The Morgan fingerprint density at radius 1 is 1.48 bits per heavy atom. The number of hydrogen-bond donors (Lipinski definition) is 1. The summed E-state index contributed by atoms with van der Waals surface area (Å²) >= 11 is 3.14. The van der Waals surface area contributed by atoms with Gasteiger partial charge in [0.2, 0.25) is 12.1 Å². The van der Waals surface area contributed by atoms with Gasteiger partial charge in [0, 0.05) is 0 Å². The lowest BCUT2D eigenvalue weighted by Gasteiger charge is -2.46. The smallest absolute Gasteiger partial charge is 0.240 e. The maximum atomic E-state index is 12.0. The summed E-state index contributed by atoms with van der Waals surface area (Å²) in [5, 5.41) is 22.8. The molecule has 0 spiro atoms. The molecule has 1 aliphatic rings. The molecule has 3 atom stereocenters. The van der Waals surface area contributed by atoms with Crippen molar-refractivity contribution >= 4 is 32.2 Å². The van der Waals surface area contributed by atoms with Crippen molar-refractivity contribution in [3.05, 3.63) is 0 Å². The molecular weight excluding hydrogens is 338 g/mol. The first-order chi connectivity index (χ1) is 9.65. The molecule has 0 aromatic rings. The Labute approximate surface area is 131 Å². The molecule has 0 aliphatic carbocycles. The van der Waals surface area contributed by atoms with Crippen LogP contribution in [0.2, 0.25) is 0 Å². The molecule has 21 heavy (non-hydrogen) atoms. The molecule has 1 rings (SSSR count). The van der Waals surface area contributed by atoms with Crippen molar-refractivity contribution in [1.29, 1.82) is 10.5 Å². The first-order valence-corrected chi connectivity index (χ1v) is 6.95. The molecule has 7 nitrogen and oxygen atoms in total. The van der Waals surface area contributed by atoms with E-state index >= 15 is 0 Å². The minimum absolute atomic E-state index is 0.152. The number of amides is 1. The highest BCUT2D eigenvalue weighted by Crippen LogP contribution is 2.52. The van der Waals surface area contributed by atoms with E-state index < -0.39 is 28.9 Å². The van der Waals surface area contributed by atoms with Gasteiger partial charge < -0.3 is 10.6 Å². The van der Waals surface area contributed by atoms with Crippen molar-refractivity contribution in [1.82, 2.24) is 0 Å². The monoisotopic (exact) mass is 353 g/mol. The summed E-state index contributed by atoms with van der Waals surface area (Å²) in [4.78, 5) is 21.5. The molecular formula is C13H16BrN5O2. The minimum Gasteiger partial charge on any atom is -0.368 e. The molecule has 0 saturated carbocycles. The largest absolute Gasteiger partial charge is 0.368 e. The molecule has 0 fully saturated rings. The summed E-state index contributed by atoms with van der Waals surface area (Å²) < 4.78 is 0.152. The zero-order valence-electron chi connectivity index (χ0n) is 12.2. The second-order valence-electron chi connectivity index (χ2n) is 5.52. The fourth-order valence-corrected chi connectivity index (χ4v) is 2.91. The fourth-order valence-electron chi connectivity index (χ4n) is 2.28. The zero-order valence-corrected chi connectivity index (χ0v) is 13.8. The van der Waals surface area contributed by atoms with Gasteiger partial charge in [-0.3, -0.25) is 4.79 Å². The van der Waals surface area contributed by atoms with Crippen LogP contribution in [0.25, 0.3) is 0 Å². The van der Waals surface area contributed by atoms with E-state index in [-0.39, 0.29) is 4.62 Å². The summed E-state index contributed by atoms with van der Waals surface area (Å²) in [7, 11) is 0. The average molecular weight is 354 g/mol. The SMILES string of the molecule is CC(C)=NO[C@@H]1N=C(Br)[C@@H](C#N)[C@@](C#N)(C(N)=O)C1(C)C. The second kappa shape index (κ2) is 5.82. The Kier molecular flexibility index (Phi) is 4.75. The lowest BCUT2D eigenvalue weighted by Crippen LogP contribution is -2.60. The van der Waals surface area contributed by atoms with Crippen LogP contribution < -0.4 is 5.73 Å². The maximum Gasteiger partial charge on any atom is 0.240 e.